The Balaban J connectivity index is 1.16. The SMILES string of the molecule is O=C(NC1CCC(c2nnc(Cc3ccc(Cl)cc3)o2)CC1)c1cc2cc(Cl)ccc2o1. The van der Waals surface area contributed by atoms with Crippen LogP contribution in [-0.4, -0.2) is 22.1 Å². The maximum absolute atomic E-state index is 12.6. The molecule has 6 nitrogen and oxygen atoms in total. The van der Waals surface area contributed by atoms with E-state index in [2.05, 4.69) is 15.5 Å². The highest BCUT2D eigenvalue weighted by Crippen LogP contribution is 2.33. The number of aromatic nitrogens is 2. The predicted molar refractivity (Wildman–Crippen MR) is 122 cm³/mol. The van der Waals surface area contributed by atoms with E-state index in [1.807, 2.05) is 24.3 Å². The second-order valence-corrected chi connectivity index (χ2v) is 9.02. The summed E-state index contributed by atoms with van der Waals surface area (Å²) in [7, 11) is 0. The number of nitrogens with zero attached hydrogens (tertiary/aromatic N) is 2. The number of hydrogen-bond acceptors (Lipinski definition) is 5. The molecule has 8 heteroatoms. The van der Waals surface area contributed by atoms with Gasteiger partial charge in [0, 0.05) is 27.4 Å². The molecule has 2 aromatic heterocycles. The minimum absolute atomic E-state index is 0.0898. The van der Waals surface area contributed by atoms with Crippen molar-refractivity contribution in [3.8, 4) is 0 Å². The molecule has 0 saturated heterocycles. The second-order valence-electron chi connectivity index (χ2n) is 8.15. The first-order valence-corrected chi connectivity index (χ1v) is 11.4. The molecule has 2 heterocycles. The van der Waals surface area contributed by atoms with Gasteiger partial charge in [-0.3, -0.25) is 4.79 Å². The van der Waals surface area contributed by atoms with Crippen LogP contribution < -0.4 is 5.32 Å². The van der Waals surface area contributed by atoms with E-state index in [9.17, 15) is 4.79 Å². The third-order valence-electron chi connectivity index (χ3n) is 5.86. The van der Waals surface area contributed by atoms with Crippen molar-refractivity contribution in [3.63, 3.8) is 0 Å². The molecule has 2 aromatic carbocycles. The molecule has 1 fully saturated rings. The van der Waals surface area contributed by atoms with Crippen LogP contribution in [0.1, 0.15) is 59.5 Å². The van der Waals surface area contributed by atoms with Gasteiger partial charge >= 0.3 is 0 Å². The number of carbonyl (C=O) groups excluding carboxylic acids is 1. The Hall–Kier alpha value is -2.83. The molecule has 4 aromatic rings. The first kappa shape index (κ1) is 21.0. The van der Waals surface area contributed by atoms with Gasteiger partial charge in [-0.05, 0) is 67.6 Å². The van der Waals surface area contributed by atoms with Crippen LogP contribution in [0.15, 0.2) is 57.4 Å². The lowest BCUT2D eigenvalue weighted by molar-refractivity contribution is 0.0899. The molecule has 5 rings (SSSR count). The summed E-state index contributed by atoms with van der Waals surface area (Å²) in [4.78, 5) is 12.6. The zero-order valence-electron chi connectivity index (χ0n) is 17.2. The number of rotatable bonds is 5. The van der Waals surface area contributed by atoms with Crippen molar-refractivity contribution in [2.75, 3.05) is 0 Å². The van der Waals surface area contributed by atoms with Crippen LogP contribution in [0, 0.1) is 0 Å². The number of furan rings is 1. The summed E-state index contributed by atoms with van der Waals surface area (Å²) in [5.41, 5.74) is 1.72. The average molecular weight is 470 g/mol. The van der Waals surface area contributed by atoms with Gasteiger partial charge in [0.1, 0.15) is 5.58 Å². The average Bonchev–Trinajstić information content (AvgIpc) is 3.43. The molecule has 1 amide bonds. The first-order valence-electron chi connectivity index (χ1n) is 10.6. The molecule has 164 valence electrons. The van der Waals surface area contributed by atoms with E-state index >= 15 is 0 Å². The van der Waals surface area contributed by atoms with Crippen LogP contribution in [0.3, 0.4) is 0 Å². The number of fused-ring (bicyclic) bond motifs is 1. The summed E-state index contributed by atoms with van der Waals surface area (Å²) < 4.78 is 11.6. The highest BCUT2D eigenvalue weighted by atomic mass is 35.5. The molecule has 1 N–H and O–H groups in total. The van der Waals surface area contributed by atoms with Crippen LogP contribution in [0.5, 0.6) is 0 Å². The van der Waals surface area contributed by atoms with Crippen molar-refractivity contribution < 1.29 is 13.6 Å². The fraction of sp³-hybridized carbons (Fsp3) is 0.292. The predicted octanol–water partition coefficient (Wildman–Crippen LogP) is 6.17. The van der Waals surface area contributed by atoms with Gasteiger partial charge in [0.25, 0.3) is 5.91 Å². The van der Waals surface area contributed by atoms with Crippen LogP contribution in [0.4, 0.5) is 0 Å². The molecule has 1 saturated carbocycles. The molecule has 0 radical (unpaired) electrons. The topological polar surface area (TPSA) is 81.2 Å². The quantitative estimate of drug-likeness (QED) is 0.377. The lowest BCUT2D eigenvalue weighted by atomic mass is 9.86. The lowest BCUT2D eigenvalue weighted by Gasteiger charge is -2.26. The Kier molecular flexibility index (Phi) is 5.89. The van der Waals surface area contributed by atoms with Crippen molar-refractivity contribution in [1.82, 2.24) is 15.5 Å². The van der Waals surface area contributed by atoms with E-state index in [0.717, 1.165) is 36.6 Å². The summed E-state index contributed by atoms with van der Waals surface area (Å²) in [6.45, 7) is 0. The fourth-order valence-electron chi connectivity index (χ4n) is 4.15. The maximum Gasteiger partial charge on any atom is 0.287 e. The Morgan fingerprint density at radius 1 is 0.938 bits per heavy atom. The molecule has 0 aliphatic heterocycles. The summed E-state index contributed by atoms with van der Waals surface area (Å²) in [5.74, 6) is 1.58. The minimum atomic E-state index is -0.205. The van der Waals surface area contributed by atoms with Gasteiger partial charge < -0.3 is 14.2 Å². The van der Waals surface area contributed by atoms with E-state index in [0.29, 0.717) is 39.6 Å². The molecular formula is C24H21Cl2N3O3. The van der Waals surface area contributed by atoms with Crippen molar-refractivity contribution in [2.45, 2.75) is 44.1 Å². The van der Waals surface area contributed by atoms with Crippen molar-refractivity contribution in [3.05, 3.63) is 81.7 Å². The molecule has 1 aliphatic rings. The Morgan fingerprint density at radius 2 is 1.69 bits per heavy atom. The molecule has 0 atom stereocenters. The van der Waals surface area contributed by atoms with Gasteiger partial charge in [0.15, 0.2) is 5.76 Å². The van der Waals surface area contributed by atoms with E-state index < -0.39 is 0 Å². The smallest absolute Gasteiger partial charge is 0.287 e. The zero-order chi connectivity index (χ0) is 22.1. The molecule has 0 bridgehead atoms. The normalized spacial score (nSPS) is 18.7. The molecular weight excluding hydrogens is 449 g/mol. The molecule has 32 heavy (non-hydrogen) atoms. The zero-order valence-corrected chi connectivity index (χ0v) is 18.7. The maximum atomic E-state index is 12.6. The van der Waals surface area contributed by atoms with Crippen LogP contribution in [-0.2, 0) is 6.42 Å². The van der Waals surface area contributed by atoms with Gasteiger partial charge in [0.2, 0.25) is 11.8 Å². The monoisotopic (exact) mass is 469 g/mol. The highest BCUT2D eigenvalue weighted by molar-refractivity contribution is 6.31. The number of halogens is 2. The third-order valence-corrected chi connectivity index (χ3v) is 6.35. The van der Waals surface area contributed by atoms with E-state index in [-0.39, 0.29) is 17.9 Å². The lowest BCUT2D eigenvalue weighted by Crippen LogP contribution is -2.37. The number of carbonyl (C=O) groups is 1. The summed E-state index contributed by atoms with van der Waals surface area (Å²) in [6.07, 6.45) is 4.03. The first-order chi connectivity index (χ1) is 15.5. The standard InChI is InChI=1S/C24H21Cl2N3O3/c25-17-5-1-14(2-6-17)11-22-28-29-24(32-22)15-3-8-19(9-4-15)27-23(30)21-13-16-12-18(26)7-10-20(16)31-21/h1-2,5-7,10,12-13,15,19H,3-4,8-9,11H2,(H,27,30). The third kappa shape index (κ3) is 4.66. The van der Waals surface area contributed by atoms with Crippen LogP contribution in [0.2, 0.25) is 10.0 Å². The largest absolute Gasteiger partial charge is 0.451 e. The van der Waals surface area contributed by atoms with Gasteiger partial charge in [0.05, 0.1) is 6.42 Å². The number of amides is 1. The van der Waals surface area contributed by atoms with Gasteiger partial charge in [-0.25, -0.2) is 0 Å². The number of hydrogen-bond donors (Lipinski definition) is 1. The Morgan fingerprint density at radius 3 is 2.47 bits per heavy atom. The Labute approximate surface area is 194 Å². The summed E-state index contributed by atoms with van der Waals surface area (Å²) in [6, 6.07) is 14.7. The number of benzene rings is 2. The van der Waals surface area contributed by atoms with Gasteiger partial charge in [-0.2, -0.15) is 0 Å². The fourth-order valence-corrected chi connectivity index (χ4v) is 4.45. The van der Waals surface area contributed by atoms with Gasteiger partial charge in [-0.1, -0.05) is 35.3 Å². The van der Waals surface area contributed by atoms with Crippen molar-refractivity contribution in [1.29, 1.82) is 0 Å². The van der Waals surface area contributed by atoms with Crippen molar-refractivity contribution >= 4 is 40.1 Å². The molecule has 0 unspecified atom stereocenters. The molecule has 0 spiro atoms. The van der Waals surface area contributed by atoms with E-state index in [1.165, 1.54) is 0 Å². The second kappa shape index (κ2) is 8.96. The van der Waals surface area contributed by atoms with Crippen molar-refractivity contribution in [2.24, 2.45) is 0 Å². The minimum Gasteiger partial charge on any atom is -0.451 e. The Bertz CT molecular complexity index is 1240. The highest BCUT2D eigenvalue weighted by Gasteiger charge is 2.28. The summed E-state index contributed by atoms with van der Waals surface area (Å²) >= 11 is 11.9. The number of nitrogens with one attached hydrogen (secondary N) is 1. The van der Waals surface area contributed by atoms with E-state index in [4.69, 9.17) is 32.0 Å². The van der Waals surface area contributed by atoms with Crippen LogP contribution in [0.25, 0.3) is 11.0 Å². The molecule has 1 aliphatic carbocycles. The van der Waals surface area contributed by atoms with Gasteiger partial charge in [-0.15, -0.1) is 10.2 Å². The van der Waals surface area contributed by atoms with E-state index in [1.54, 1.807) is 24.3 Å². The summed E-state index contributed by atoms with van der Waals surface area (Å²) in [5, 5.41) is 13.7. The van der Waals surface area contributed by atoms with Crippen LogP contribution >= 0.6 is 23.2 Å².